The maximum Gasteiger partial charge on any atom is 0.278 e. The highest BCUT2D eigenvalue weighted by Crippen LogP contribution is 2.23. The minimum absolute atomic E-state index is 0.219. The predicted molar refractivity (Wildman–Crippen MR) is 118 cm³/mol. The van der Waals surface area contributed by atoms with Crippen LogP contribution < -0.4 is 5.32 Å². The van der Waals surface area contributed by atoms with Crippen LogP contribution in [0.3, 0.4) is 0 Å². The van der Waals surface area contributed by atoms with E-state index in [1.54, 1.807) is 38.7 Å². The van der Waals surface area contributed by atoms with E-state index in [9.17, 15) is 4.79 Å². The van der Waals surface area contributed by atoms with Gasteiger partial charge in [0.15, 0.2) is 11.3 Å². The molecule has 1 aromatic carbocycles. The van der Waals surface area contributed by atoms with E-state index >= 15 is 0 Å². The lowest BCUT2D eigenvalue weighted by Crippen LogP contribution is -2.14. The summed E-state index contributed by atoms with van der Waals surface area (Å²) in [4.78, 5) is 21.3. The molecule has 0 radical (unpaired) electrons. The molecule has 10 nitrogen and oxygen atoms in total. The van der Waals surface area contributed by atoms with Crippen molar-refractivity contribution in [2.75, 3.05) is 5.32 Å². The van der Waals surface area contributed by atoms with Gasteiger partial charge in [-0.05, 0) is 31.0 Å². The molecule has 0 fully saturated rings. The summed E-state index contributed by atoms with van der Waals surface area (Å²) in [5, 5.41) is 15.8. The Morgan fingerprint density at radius 2 is 1.94 bits per heavy atom. The second-order valence-corrected chi connectivity index (χ2v) is 7.54. The molecule has 5 rings (SSSR count). The van der Waals surface area contributed by atoms with Crippen LogP contribution in [0.5, 0.6) is 0 Å². The number of aromatic nitrogens is 8. The summed E-state index contributed by atoms with van der Waals surface area (Å²) in [5.74, 6) is -0.185. The van der Waals surface area contributed by atoms with Gasteiger partial charge in [0.1, 0.15) is 6.33 Å². The first-order chi connectivity index (χ1) is 15.5. The number of aryl methyl sites for hydroxylation is 2. The minimum atomic E-state index is -0.405. The number of rotatable bonds is 5. The van der Waals surface area contributed by atoms with Crippen molar-refractivity contribution in [1.82, 2.24) is 39.1 Å². The van der Waals surface area contributed by atoms with Gasteiger partial charge in [0.05, 0.1) is 18.4 Å². The third kappa shape index (κ3) is 3.51. The fourth-order valence-electron chi connectivity index (χ4n) is 3.52. The SMILES string of the molecule is Cc1ccccc1Cn1cnc(NC(=O)c2cc3nccc(-c4cnn(C)c4C)n3n2)n1. The molecule has 5 aromatic rings. The van der Waals surface area contributed by atoms with Crippen LogP contribution in [0.25, 0.3) is 16.9 Å². The number of carbonyl (C=O) groups is 1. The molecule has 0 spiro atoms. The van der Waals surface area contributed by atoms with E-state index in [4.69, 9.17) is 0 Å². The number of fused-ring (bicyclic) bond motifs is 1. The molecule has 0 atom stereocenters. The summed E-state index contributed by atoms with van der Waals surface area (Å²) in [7, 11) is 1.88. The Hall–Kier alpha value is -4.34. The molecule has 4 aromatic heterocycles. The summed E-state index contributed by atoms with van der Waals surface area (Å²) >= 11 is 0. The molecule has 0 saturated carbocycles. The maximum absolute atomic E-state index is 12.8. The first kappa shape index (κ1) is 19.6. The summed E-state index contributed by atoms with van der Waals surface area (Å²) in [5.41, 5.74) is 5.82. The van der Waals surface area contributed by atoms with E-state index in [-0.39, 0.29) is 11.6 Å². The van der Waals surface area contributed by atoms with Crippen molar-refractivity contribution in [2.45, 2.75) is 20.4 Å². The first-order valence-electron chi connectivity index (χ1n) is 10.1. The summed E-state index contributed by atoms with van der Waals surface area (Å²) in [6.45, 7) is 4.60. The molecule has 1 amide bonds. The van der Waals surface area contributed by atoms with Crippen molar-refractivity contribution in [3.63, 3.8) is 0 Å². The largest absolute Gasteiger partial charge is 0.288 e. The van der Waals surface area contributed by atoms with Crippen molar-refractivity contribution in [2.24, 2.45) is 7.05 Å². The quantitative estimate of drug-likeness (QED) is 0.462. The van der Waals surface area contributed by atoms with Crippen molar-refractivity contribution < 1.29 is 4.79 Å². The van der Waals surface area contributed by atoms with Gasteiger partial charge in [-0.3, -0.25) is 14.8 Å². The molecule has 0 aliphatic heterocycles. The standard InChI is InChI=1S/C22H21N9O/c1-14-6-4-5-7-16(14)12-30-13-24-22(28-30)26-21(32)18-10-20-23-9-8-19(31(20)27-18)17-11-25-29(3)15(17)2/h4-11,13H,12H2,1-3H3,(H,26,28,32). The van der Waals surface area contributed by atoms with Gasteiger partial charge in [-0.15, -0.1) is 5.10 Å². The van der Waals surface area contributed by atoms with E-state index in [1.807, 2.05) is 51.2 Å². The fourth-order valence-corrected chi connectivity index (χ4v) is 3.52. The zero-order valence-electron chi connectivity index (χ0n) is 17.9. The topological polar surface area (TPSA) is 108 Å². The second-order valence-electron chi connectivity index (χ2n) is 7.54. The lowest BCUT2D eigenvalue weighted by Gasteiger charge is -2.04. The summed E-state index contributed by atoms with van der Waals surface area (Å²) in [6.07, 6.45) is 5.06. The Morgan fingerprint density at radius 3 is 2.72 bits per heavy atom. The van der Waals surface area contributed by atoms with Crippen molar-refractivity contribution in [3.05, 3.63) is 77.6 Å². The van der Waals surface area contributed by atoms with E-state index < -0.39 is 5.91 Å². The third-order valence-electron chi connectivity index (χ3n) is 5.46. The number of hydrogen-bond donors (Lipinski definition) is 1. The Balaban J connectivity index is 1.38. The van der Waals surface area contributed by atoms with Gasteiger partial charge in [0.2, 0.25) is 5.95 Å². The van der Waals surface area contributed by atoms with E-state index in [2.05, 4.69) is 30.6 Å². The average molecular weight is 427 g/mol. The van der Waals surface area contributed by atoms with Crippen LogP contribution in [0, 0.1) is 13.8 Å². The van der Waals surface area contributed by atoms with Gasteiger partial charge >= 0.3 is 0 Å². The summed E-state index contributed by atoms with van der Waals surface area (Å²) < 4.78 is 5.12. The molecular formula is C22H21N9O. The number of anilines is 1. The highest BCUT2D eigenvalue weighted by molar-refractivity contribution is 6.02. The average Bonchev–Trinajstić information content (AvgIpc) is 3.49. The van der Waals surface area contributed by atoms with Crippen LogP contribution in [0.2, 0.25) is 0 Å². The molecular weight excluding hydrogens is 406 g/mol. The molecule has 0 saturated heterocycles. The van der Waals surface area contributed by atoms with Crippen LogP contribution in [0.15, 0.2) is 55.1 Å². The van der Waals surface area contributed by atoms with Gasteiger partial charge in [0.25, 0.3) is 5.91 Å². The van der Waals surface area contributed by atoms with Crippen LogP contribution in [0.1, 0.15) is 27.3 Å². The highest BCUT2D eigenvalue weighted by atomic mass is 16.2. The van der Waals surface area contributed by atoms with Crippen LogP contribution in [0.4, 0.5) is 5.95 Å². The lowest BCUT2D eigenvalue weighted by molar-refractivity contribution is 0.102. The molecule has 0 aliphatic carbocycles. The first-order valence-corrected chi connectivity index (χ1v) is 10.1. The fraction of sp³-hybridized carbons (Fsp3) is 0.182. The van der Waals surface area contributed by atoms with Crippen molar-refractivity contribution >= 4 is 17.5 Å². The van der Waals surface area contributed by atoms with Gasteiger partial charge in [-0.2, -0.15) is 10.2 Å². The van der Waals surface area contributed by atoms with Crippen LogP contribution in [-0.2, 0) is 13.6 Å². The molecule has 0 aliphatic rings. The van der Waals surface area contributed by atoms with Crippen molar-refractivity contribution in [1.29, 1.82) is 0 Å². The Bertz CT molecular complexity index is 1440. The van der Waals surface area contributed by atoms with Gasteiger partial charge in [-0.25, -0.2) is 19.2 Å². The van der Waals surface area contributed by atoms with E-state index in [0.717, 1.165) is 22.5 Å². The number of carbonyl (C=O) groups excluding carboxylic acids is 1. The zero-order valence-corrected chi connectivity index (χ0v) is 17.9. The Morgan fingerprint density at radius 1 is 1.09 bits per heavy atom. The normalized spacial score (nSPS) is 11.2. The zero-order chi connectivity index (χ0) is 22.2. The number of hydrogen-bond acceptors (Lipinski definition) is 6. The number of amides is 1. The number of nitrogens with one attached hydrogen (secondary N) is 1. The summed E-state index contributed by atoms with van der Waals surface area (Å²) in [6, 6.07) is 11.6. The smallest absolute Gasteiger partial charge is 0.278 e. The molecule has 4 heterocycles. The van der Waals surface area contributed by atoms with Crippen molar-refractivity contribution in [3.8, 4) is 11.3 Å². The molecule has 0 bridgehead atoms. The molecule has 10 heteroatoms. The molecule has 160 valence electrons. The van der Waals surface area contributed by atoms with E-state index in [1.165, 1.54) is 5.56 Å². The Kier molecular flexibility index (Phi) is 4.74. The highest BCUT2D eigenvalue weighted by Gasteiger charge is 2.17. The predicted octanol–water partition coefficient (Wildman–Crippen LogP) is 2.64. The minimum Gasteiger partial charge on any atom is -0.288 e. The lowest BCUT2D eigenvalue weighted by atomic mass is 10.1. The maximum atomic E-state index is 12.8. The molecule has 32 heavy (non-hydrogen) atoms. The van der Waals surface area contributed by atoms with E-state index in [0.29, 0.717) is 12.2 Å². The number of benzene rings is 1. The monoisotopic (exact) mass is 427 g/mol. The molecule has 0 unspecified atom stereocenters. The van der Waals surface area contributed by atoms with Gasteiger partial charge in [0, 0.05) is 30.6 Å². The molecule has 1 N–H and O–H groups in total. The van der Waals surface area contributed by atoms with Gasteiger partial charge < -0.3 is 0 Å². The van der Waals surface area contributed by atoms with Crippen LogP contribution in [-0.4, -0.2) is 45.1 Å². The second kappa shape index (κ2) is 7.73. The van der Waals surface area contributed by atoms with Crippen LogP contribution >= 0.6 is 0 Å². The Labute approximate surface area is 183 Å². The number of nitrogens with zero attached hydrogens (tertiary/aromatic N) is 8. The van der Waals surface area contributed by atoms with Gasteiger partial charge in [-0.1, -0.05) is 24.3 Å². The third-order valence-corrected chi connectivity index (χ3v) is 5.46.